The zero-order chi connectivity index (χ0) is 13.7. The number of rotatable bonds is 6. The van der Waals surface area contributed by atoms with Crippen LogP contribution in [0.15, 0.2) is 34.7 Å². The second-order valence-electron chi connectivity index (χ2n) is 4.06. The monoisotopic (exact) mass is 369 g/mol. The van der Waals surface area contributed by atoms with E-state index in [1.807, 2.05) is 18.2 Å². The molecule has 0 fully saturated rings. The lowest BCUT2D eigenvalue weighted by atomic mass is 10.2. The summed E-state index contributed by atoms with van der Waals surface area (Å²) in [5, 5.41) is 4.42. The summed E-state index contributed by atoms with van der Waals surface area (Å²) in [5.74, 6) is 1.60. The molecule has 0 bridgehead atoms. The number of halogens is 4. The third kappa shape index (κ3) is 6.07. The fourth-order valence-electron chi connectivity index (χ4n) is 1.69. The van der Waals surface area contributed by atoms with Crippen molar-refractivity contribution >= 4 is 23.2 Å². The molecule has 0 saturated heterocycles. The molecule has 0 aliphatic rings. The minimum absolute atomic E-state index is 0. The molecule has 7 heteroatoms. The molecule has 3 nitrogen and oxygen atoms in total. The molecule has 0 saturated carbocycles. The molecule has 0 aliphatic heterocycles. The Labute approximate surface area is 146 Å². The summed E-state index contributed by atoms with van der Waals surface area (Å²) in [7, 11) is 1.68. The van der Waals surface area contributed by atoms with E-state index in [1.165, 1.54) is 0 Å². The van der Waals surface area contributed by atoms with Crippen molar-refractivity contribution in [1.82, 2.24) is 5.32 Å². The molecule has 0 aliphatic carbocycles. The van der Waals surface area contributed by atoms with Crippen molar-refractivity contribution in [2.75, 3.05) is 20.3 Å². The maximum absolute atomic E-state index is 6.14. The predicted molar refractivity (Wildman–Crippen MR) is 77.7 cm³/mol. The lowest BCUT2D eigenvalue weighted by molar-refractivity contribution is -0.00100. The maximum atomic E-state index is 6.14. The predicted octanol–water partition coefficient (Wildman–Crippen LogP) is -2.00. The third-order valence-electron chi connectivity index (χ3n) is 2.64. The molecule has 1 N–H and O–H groups in total. The van der Waals surface area contributed by atoms with Crippen molar-refractivity contribution in [3.05, 3.63) is 46.1 Å². The van der Waals surface area contributed by atoms with Gasteiger partial charge in [-0.1, -0.05) is 23.2 Å². The number of ether oxygens (including phenoxy) is 1. The zero-order valence-corrected chi connectivity index (χ0v) is 14.4. The molecule has 0 radical (unpaired) electrons. The van der Waals surface area contributed by atoms with Crippen molar-refractivity contribution < 1.29 is 34.0 Å². The Balaban J connectivity index is 0.00000200. The van der Waals surface area contributed by atoms with Crippen molar-refractivity contribution in [3.63, 3.8) is 0 Å². The standard InChI is InChI=1S/C14H15Cl2NO2.2ClH/c1-18-7-6-17-9-11-3-5-14(19-11)12-4-2-10(15)8-13(12)16;;/h2-5,8,17H,6-7,9H2,1H3;2*1H/p-2. The van der Waals surface area contributed by atoms with E-state index >= 15 is 0 Å². The molecular formula is C14H15Cl4NO2-2. The van der Waals surface area contributed by atoms with Gasteiger partial charge in [0.15, 0.2) is 0 Å². The number of hydrogen-bond donors (Lipinski definition) is 1. The Bertz CT molecular complexity index is 546. The molecular weight excluding hydrogens is 356 g/mol. The van der Waals surface area contributed by atoms with Gasteiger partial charge >= 0.3 is 0 Å². The van der Waals surface area contributed by atoms with Gasteiger partial charge in [-0.2, -0.15) is 0 Å². The molecule has 2 rings (SSSR count). The van der Waals surface area contributed by atoms with Crippen LogP contribution in [0.1, 0.15) is 5.76 Å². The fourth-order valence-corrected chi connectivity index (χ4v) is 2.19. The molecule has 1 aromatic heterocycles. The summed E-state index contributed by atoms with van der Waals surface area (Å²) in [5.41, 5.74) is 0.842. The first-order valence-corrected chi connectivity index (χ1v) is 6.70. The highest BCUT2D eigenvalue weighted by molar-refractivity contribution is 6.36. The summed E-state index contributed by atoms with van der Waals surface area (Å²) in [6.07, 6.45) is 0. The van der Waals surface area contributed by atoms with Crippen LogP contribution in [0.2, 0.25) is 10.0 Å². The Morgan fingerprint density at radius 2 is 1.90 bits per heavy atom. The van der Waals surface area contributed by atoms with Gasteiger partial charge in [0.25, 0.3) is 0 Å². The third-order valence-corrected chi connectivity index (χ3v) is 3.19. The maximum Gasteiger partial charge on any atom is 0.135 e. The second-order valence-corrected chi connectivity index (χ2v) is 4.90. The highest BCUT2D eigenvalue weighted by atomic mass is 35.5. The number of hydrogen-bond acceptors (Lipinski definition) is 3. The summed E-state index contributed by atoms with van der Waals surface area (Å²) >= 11 is 12.0. The summed E-state index contributed by atoms with van der Waals surface area (Å²) < 4.78 is 10.7. The minimum atomic E-state index is 0. The summed E-state index contributed by atoms with van der Waals surface area (Å²) in [4.78, 5) is 0. The van der Waals surface area contributed by atoms with Crippen molar-refractivity contribution in [2.24, 2.45) is 0 Å². The number of methoxy groups -OCH3 is 1. The average Bonchev–Trinajstić information content (AvgIpc) is 2.83. The van der Waals surface area contributed by atoms with E-state index in [2.05, 4.69) is 5.32 Å². The van der Waals surface area contributed by atoms with Crippen LogP contribution in [0.5, 0.6) is 0 Å². The van der Waals surface area contributed by atoms with Crippen molar-refractivity contribution in [2.45, 2.75) is 6.54 Å². The molecule has 21 heavy (non-hydrogen) atoms. The van der Waals surface area contributed by atoms with E-state index in [0.29, 0.717) is 23.2 Å². The van der Waals surface area contributed by atoms with E-state index in [4.69, 9.17) is 32.4 Å². The van der Waals surface area contributed by atoms with Crippen molar-refractivity contribution in [3.8, 4) is 11.3 Å². The van der Waals surface area contributed by atoms with Crippen LogP contribution in [-0.4, -0.2) is 20.3 Å². The van der Waals surface area contributed by atoms with Gasteiger partial charge in [0.05, 0.1) is 18.2 Å². The van der Waals surface area contributed by atoms with Crippen LogP contribution in [0.3, 0.4) is 0 Å². The summed E-state index contributed by atoms with van der Waals surface area (Å²) in [6, 6.07) is 9.19. The van der Waals surface area contributed by atoms with Gasteiger partial charge in [0.2, 0.25) is 0 Å². The molecule has 2 aromatic rings. The van der Waals surface area contributed by atoms with Gasteiger partial charge in [0.1, 0.15) is 11.5 Å². The molecule has 1 heterocycles. The quantitative estimate of drug-likeness (QED) is 0.597. The molecule has 1 aromatic carbocycles. The summed E-state index contributed by atoms with van der Waals surface area (Å²) in [6.45, 7) is 2.12. The van der Waals surface area contributed by atoms with Crippen LogP contribution in [0.25, 0.3) is 11.3 Å². The molecule has 0 spiro atoms. The lowest BCUT2D eigenvalue weighted by Crippen LogP contribution is -3.00. The Morgan fingerprint density at radius 3 is 2.57 bits per heavy atom. The molecule has 0 unspecified atom stereocenters. The highest BCUT2D eigenvalue weighted by Crippen LogP contribution is 2.31. The van der Waals surface area contributed by atoms with E-state index in [-0.39, 0.29) is 24.8 Å². The lowest BCUT2D eigenvalue weighted by Gasteiger charge is -2.03. The van der Waals surface area contributed by atoms with E-state index in [0.717, 1.165) is 23.6 Å². The highest BCUT2D eigenvalue weighted by Gasteiger charge is 2.08. The number of nitrogens with one attached hydrogen (secondary N) is 1. The molecule has 0 atom stereocenters. The van der Waals surface area contributed by atoms with Crippen LogP contribution in [-0.2, 0) is 11.3 Å². The van der Waals surface area contributed by atoms with E-state index < -0.39 is 0 Å². The topological polar surface area (TPSA) is 34.4 Å². The minimum Gasteiger partial charge on any atom is -1.00 e. The normalized spacial score (nSPS) is 9.86. The largest absolute Gasteiger partial charge is 1.00 e. The second kappa shape index (κ2) is 10.3. The Kier molecular flexibility index (Phi) is 10.1. The Hall–Kier alpha value is -0.420. The SMILES string of the molecule is COCCNCc1ccc(-c2ccc(Cl)cc2Cl)o1.[Cl-].[Cl-]. The van der Waals surface area contributed by atoms with Gasteiger partial charge in [-0.05, 0) is 30.3 Å². The Morgan fingerprint density at radius 1 is 1.14 bits per heavy atom. The first-order valence-electron chi connectivity index (χ1n) is 5.94. The zero-order valence-electron chi connectivity index (χ0n) is 11.3. The van der Waals surface area contributed by atoms with Gasteiger partial charge in [0, 0.05) is 24.2 Å². The first kappa shape index (κ1) is 20.6. The van der Waals surface area contributed by atoms with Crippen LogP contribution < -0.4 is 30.1 Å². The number of benzene rings is 1. The number of furan rings is 1. The molecule has 118 valence electrons. The van der Waals surface area contributed by atoms with Crippen LogP contribution >= 0.6 is 23.2 Å². The van der Waals surface area contributed by atoms with Crippen LogP contribution in [0.4, 0.5) is 0 Å². The fraction of sp³-hybridized carbons (Fsp3) is 0.286. The van der Waals surface area contributed by atoms with Crippen molar-refractivity contribution in [1.29, 1.82) is 0 Å². The average molecular weight is 371 g/mol. The van der Waals surface area contributed by atoms with Gasteiger partial charge in [-0.3, -0.25) is 0 Å². The van der Waals surface area contributed by atoms with E-state index in [9.17, 15) is 0 Å². The van der Waals surface area contributed by atoms with Gasteiger partial charge in [-0.25, -0.2) is 0 Å². The first-order chi connectivity index (χ1) is 9.20. The van der Waals surface area contributed by atoms with E-state index in [1.54, 1.807) is 19.2 Å². The molecule has 0 amide bonds. The van der Waals surface area contributed by atoms with Gasteiger partial charge < -0.3 is 39.3 Å². The van der Waals surface area contributed by atoms with Crippen LogP contribution in [0, 0.1) is 0 Å². The van der Waals surface area contributed by atoms with Gasteiger partial charge in [-0.15, -0.1) is 0 Å². The smallest absolute Gasteiger partial charge is 0.135 e.